The lowest BCUT2D eigenvalue weighted by Crippen LogP contribution is -2.42. The molecular weight excluding hydrogens is 348 g/mol. The van der Waals surface area contributed by atoms with Gasteiger partial charge in [0, 0.05) is 24.0 Å². The summed E-state index contributed by atoms with van der Waals surface area (Å²) in [6.45, 7) is 2.61. The summed E-state index contributed by atoms with van der Waals surface area (Å²) in [6.07, 6.45) is 2.72. The number of rotatable bonds is 7. The number of carbonyl (C=O) groups is 2. The molecule has 7 heteroatoms. The van der Waals surface area contributed by atoms with Crippen molar-refractivity contribution in [3.63, 3.8) is 0 Å². The van der Waals surface area contributed by atoms with Crippen LogP contribution in [0.15, 0.2) is 48.8 Å². The molecule has 1 fully saturated rings. The Kier molecular flexibility index (Phi) is 6.16. The lowest BCUT2D eigenvalue weighted by molar-refractivity contribution is -0.142. The summed E-state index contributed by atoms with van der Waals surface area (Å²) in [5.41, 5.74) is 1.81. The van der Waals surface area contributed by atoms with Gasteiger partial charge in [0.05, 0.1) is 24.7 Å². The molecule has 7 nitrogen and oxygen atoms in total. The Balaban J connectivity index is 1.73. The molecule has 2 aromatic rings. The molecule has 2 unspecified atom stereocenters. The van der Waals surface area contributed by atoms with Gasteiger partial charge in [-0.2, -0.15) is 0 Å². The van der Waals surface area contributed by atoms with Crippen LogP contribution in [0.5, 0.6) is 0 Å². The highest BCUT2D eigenvalue weighted by atomic mass is 16.7. The minimum atomic E-state index is -0.958. The summed E-state index contributed by atoms with van der Waals surface area (Å²) in [5, 5.41) is 12.4. The Labute approximate surface area is 157 Å². The minimum Gasteiger partial charge on any atom is -0.481 e. The van der Waals surface area contributed by atoms with Crippen LogP contribution in [0.1, 0.15) is 34.7 Å². The number of carboxylic acid groups (broad SMARTS) is 1. The van der Waals surface area contributed by atoms with E-state index >= 15 is 0 Å². The summed E-state index contributed by atoms with van der Waals surface area (Å²) in [6, 6.07) is 10.4. The maximum Gasteiger partial charge on any atom is 0.308 e. The van der Waals surface area contributed by atoms with Crippen LogP contribution < -0.4 is 5.32 Å². The fraction of sp³-hybridized carbons (Fsp3) is 0.350. The first kappa shape index (κ1) is 19.0. The van der Waals surface area contributed by atoms with Gasteiger partial charge in [-0.1, -0.05) is 30.3 Å². The highest BCUT2D eigenvalue weighted by Gasteiger charge is 2.29. The summed E-state index contributed by atoms with van der Waals surface area (Å²) in [4.78, 5) is 28.5. The number of carbonyl (C=O) groups excluding carboxylic acids is 1. The molecule has 0 aliphatic carbocycles. The van der Waals surface area contributed by atoms with Crippen LogP contribution in [0.2, 0.25) is 0 Å². The number of aliphatic carboxylic acids is 1. The van der Waals surface area contributed by atoms with Gasteiger partial charge in [0.1, 0.15) is 0 Å². The van der Waals surface area contributed by atoms with Crippen molar-refractivity contribution in [1.29, 1.82) is 0 Å². The van der Waals surface area contributed by atoms with Crippen molar-refractivity contribution in [2.75, 3.05) is 13.2 Å². The molecule has 3 rings (SSSR count). The average Bonchev–Trinajstić information content (AvgIpc) is 3.21. The SMILES string of the molecule is CC(NC(=O)c1cnccc1C1OCCO1)C(Cc1ccccc1)C(=O)O. The summed E-state index contributed by atoms with van der Waals surface area (Å²) >= 11 is 0. The third-order valence-electron chi connectivity index (χ3n) is 4.55. The second-order valence-corrected chi connectivity index (χ2v) is 6.43. The molecule has 1 aliphatic rings. The first-order chi connectivity index (χ1) is 13.1. The molecule has 27 heavy (non-hydrogen) atoms. The van der Waals surface area contributed by atoms with Gasteiger partial charge in [-0.25, -0.2) is 0 Å². The van der Waals surface area contributed by atoms with Gasteiger partial charge in [0.15, 0.2) is 6.29 Å². The second kappa shape index (κ2) is 8.75. The molecule has 2 N–H and O–H groups in total. The monoisotopic (exact) mass is 370 g/mol. The zero-order valence-electron chi connectivity index (χ0n) is 15.0. The highest BCUT2D eigenvalue weighted by Crippen LogP contribution is 2.26. The molecule has 1 aromatic heterocycles. The van der Waals surface area contributed by atoms with Gasteiger partial charge in [-0.3, -0.25) is 14.6 Å². The van der Waals surface area contributed by atoms with E-state index in [9.17, 15) is 14.7 Å². The molecule has 0 saturated carbocycles. The standard InChI is InChI=1S/C20H22N2O5/c1-13(16(19(24)25)11-14-5-3-2-4-6-14)22-18(23)17-12-21-8-7-15(17)20-26-9-10-27-20/h2-8,12-13,16,20H,9-11H2,1H3,(H,22,23)(H,24,25). The van der Waals surface area contributed by atoms with Gasteiger partial charge in [0.25, 0.3) is 5.91 Å². The Morgan fingerprint density at radius 1 is 1.22 bits per heavy atom. The predicted molar refractivity (Wildman–Crippen MR) is 97.1 cm³/mol. The summed E-state index contributed by atoms with van der Waals surface area (Å²) in [5.74, 6) is -2.11. The van der Waals surface area contributed by atoms with E-state index in [2.05, 4.69) is 10.3 Å². The van der Waals surface area contributed by atoms with Crippen LogP contribution in [0.4, 0.5) is 0 Å². The van der Waals surface area contributed by atoms with Crippen LogP contribution in [0, 0.1) is 5.92 Å². The maximum atomic E-state index is 12.8. The Morgan fingerprint density at radius 3 is 2.59 bits per heavy atom. The number of hydrogen-bond acceptors (Lipinski definition) is 5. The van der Waals surface area contributed by atoms with Crippen LogP contribution in [0.3, 0.4) is 0 Å². The lowest BCUT2D eigenvalue weighted by atomic mass is 9.93. The largest absolute Gasteiger partial charge is 0.481 e. The fourth-order valence-electron chi connectivity index (χ4n) is 3.07. The van der Waals surface area contributed by atoms with Gasteiger partial charge < -0.3 is 19.9 Å². The number of nitrogens with zero attached hydrogens (tertiary/aromatic N) is 1. The van der Waals surface area contributed by atoms with Crippen LogP contribution in [0.25, 0.3) is 0 Å². The molecule has 0 spiro atoms. The number of nitrogens with one attached hydrogen (secondary N) is 1. The molecule has 0 radical (unpaired) electrons. The Morgan fingerprint density at radius 2 is 1.93 bits per heavy atom. The zero-order chi connectivity index (χ0) is 19.2. The van der Waals surface area contributed by atoms with Crippen molar-refractivity contribution in [3.8, 4) is 0 Å². The third kappa shape index (κ3) is 4.69. The van der Waals surface area contributed by atoms with Crippen molar-refractivity contribution in [3.05, 3.63) is 65.5 Å². The molecule has 142 valence electrons. The molecule has 2 atom stereocenters. The van der Waals surface area contributed by atoms with E-state index in [1.807, 2.05) is 30.3 Å². The number of carboxylic acids is 1. The summed E-state index contributed by atoms with van der Waals surface area (Å²) in [7, 11) is 0. The molecule has 1 aromatic carbocycles. The molecule has 1 saturated heterocycles. The van der Waals surface area contributed by atoms with E-state index in [4.69, 9.17) is 9.47 Å². The second-order valence-electron chi connectivity index (χ2n) is 6.43. The van der Waals surface area contributed by atoms with E-state index in [0.29, 0.717) is 30.8 Å². The van der Waals surface area contributed by atoms with Gasteiger partial charge in [-0.15, -0.1) is 0 Å². The number of benzene rings is 1. The molecule has 2 heterocycles. The lowest BCUT2D eigenvalue weighted by Gasteiger charge is -2.22. The van der Waals surface area contributed by atoms with E-state index in [-0.39, 0.29) is 0 Å². The van der Waals surface area contributed by atoms with Crippen molar-refractivity contribution in [2.24, 2.45) is 5.92 Å². The van der Waals surface area contributed by atoms with Gasteiger partial charge >= 0.3 is 5.97 Å². The number of amides is 1. The van der Waals surface area contributed by atoms with Crippen molar-refractivity contribution >= 4 is 11.9 Å². The van der Waals surface area contributed by atoms with Crippen molar-refractivity contribution < 1.29 is 24.2 Å². The van der Waals surface area contributed by atoms with E-state index < -0.39 is 30.1 Å². The smallest absolute Gasteiger partial charge is 0.308 e. The first-order valence-corrected chi connectivity index (χ1v) is 8.81. The molecule has 1 amide bonds. The summed E-state index contributed by atoms with van der Waals surface area (Å²) < 4.78 is 11.0. The number of ether oxygens (including phenoxy) is 2. The van der Waals surface area contributed by atoms with Crippen LogP contribution in [-0.2, 0) is 20.7 Å². The number of hydrogen-bond donors (Lipinski definition) is 2. The van der Waals surface area contributed by atoms with E-state index in [1.165, 1.54) is 6.20 Å². The fourth-order valence-corrected chi connectivity index (χ4v) is 3.07. The Bertz CT molecular complexity index is 790. The topological polar surface area (TPSA) is 97.8 Å². The third-order valence-corrected chi connectivity index (χ3v) is 4.55. The first-order valence-electron chi connectivity index (χ1n) is 8.81. The van der Waals surface area contributed by atoms with Crippen LogP contribution >= 0.6 is 0 Å². The van der Waals surface area contributed by atoms with E-state index in [0.717, 1.165) is 5.56 Å². The number of pyridine rings is 1. The zero-order valence-corrected chi connectivity index (χ0v) is 15.0. The maximum absolute atomic E-state index is 12.8. The van der Waals surface area contributed by atoms with E-state index in [1.54, 1.807) is 19.2 Å². The van der Waals surface area contributed by atoms with Crippen molar-refractivity contribution in [1.82, 2.24) is 10.3 Å². The molecular formula is C20H22N2O5. The molecule has 0 bridgehead atoms. The minimum absolute atomic E-state index is 0.320. The highest BCUT2D eigenvalue weighted by molar-refractivity contribution is 5.96. The van der Waals surface area contributed by atoms with Gasteiger partial charge in [-0.05, 0) is 25.0 Å². The quantitative estimate of drug-likeness (QED) is 0.775. The van der Waals surface area contributed by atoms with Crippen molar-refractivity contribution in [2.45, 2.75) is 25.7 Å². The van der Waals surface area contributed by atoms with Gasteiger partial charge in [0.2, 0.25) is 0 Å². The normalized spacial score (nSPS) is 16.6. The Hall–Kier alpha value is -2.77. The molecule has 1 aliphatic heterocycles. The predicted octanol–water partition coefficient (Wildman–Crippen LogP) is 2.19. The average molecular weight is 370 g/mol. The van der Waals surface area contributed by atoms with Crippen LogP contribution in [-0.4, -0.2) is 41.2 Å². The number of aromatic nitrogens is 1.